The quantitative estimate of drug-likeness (QED) is 0.805. The zero-order valence-electron chi connectivity index (χ0n) is 9.12. The summed E-state index contributed by atoms with van der Waals surface area (Å²) >= 11 is 0. The van der Waals surface area contributed by atoms with Crippen molar-refractivity contribution in [3.05, 3.63) is 47.5 Å². The second kappa shape index (κ2) is 4.04. The predicted octanol–water partition coefficient (Wildman–Crippen LogP) is 3.74. The smallest absolute Gasteiger partial charge is 0.379 e. The Morgan fingerprint density at radius 1 is 1.00 bits per heavy atom. The summed E-state index contributed by atoms with van der Waals surface area (Å²) in [6, 6.07) is 9.68. The predicted molar refractivity (Wildman–Crippen MR) is 59.7 cm³/mol. The van der Waals surface area contributed by atoms with Crippen LogP contribution >= 0.6 is 0 Å². The van der Waals surface area contributed by atoms with Crippen molar-refractivity contribution in [2.24, 2.45) is 0 Å². The van der Waals surface area contributed by atoms with E-state index in [4.69, 9.17) is 0 Å². The third-order valence-electron chi connectivity index (χ3n) is 2.78. The van der Waals surface area contributed by atoms with Gasteiger partial charge in [0.1, 0.15) is 0 Å². The highest BCUT2D eigenvalue weighted by Crippen LogP contribution is 2.36. The monoisotopic (exact) mass is 240 g/mol. The SMILES string of the molecule is Cc1ccc(C(O)C(F)(F)F)c2ccccc12. The molecule has 0 aliphatic rings. The molecule has 0 saturated carbocycles. The van der Waals surface area contributed by atoms with Gasteiger partial charge < -0.3 is 5.11 Å². The summed E-state index contributed by atoms with van der Waals surface area (Å²) in [6.07, 6.45) is -7.08. The van der Waals surface area contributed by atoms with E-state index < -0.39 is 12.3 Å². The van der Waals surface area contributed by atoms with Gasteiger partial charge in [-0.15, -0.1) is 0 Å². The number of halogens is 3. The minimum absolute atomic E-state index is 0.0984. The van der Waals surface area contributed by atoms with E-state index >= 15 is 0 Å². The molecule has 1 unspecified atom stereocenters. The van der Waals surface area contributed by atoms with Crippen LogP contribution in [0, 0.1) is 6.92 Å². The number of fused-ring (bicyclic) bond motifs is 1. The Morgan fingerprint density at radius 3 is 2.18 bits per heavy atom. The molecule has 0 radical (unpaired) electrons. The van der Waals surface area contributed by atoms with Crippen LogP contribution < -0.4 is 0 Å². The van der Waals surface area contributed by atoms with Crippen LogP contribution in [0.4, 0.5) is 13.2 Å². The first kappa shape index (κ1) is 11.9. The summed E-state index contributed by atoms with van der Waals surface area (Å²) in [7, 11) is 0. The second-order valence-corrected chi connectivity index (χ2v) is 3.96. The van der Waals surface area contributed by atoms with Crippen LogP contribution in [0.15, 0.2) is 36.4 Å². The standard InChI is InChI=1S/C13H11F3O/c1-8-6-7-11(12(17)13(14,15)16)10-5-3-2-4-9(8)10/h2-7,12,17H,1H3. The lowest BCUT2D eigenvalue weighted by Gasteiger charge is -2.17. The van der Waals surface area contributed by atoms with Gasteiger partial charge in [-0.2, -0.15) is 13.2 Å². The molecule has 0 bridgehead atoms. The molecule has 17 heavy (non-hydrogen) atoms. The fraction of sp³-hybridized carbons (Fsp3) is 0.231. The molecule has 0 amide bonds. The van der Waals surface area contributed by atoms with Crippen molar-refractivity contribution in [1.82, 2.24) is 0 Å². The molecule has 0 saturated heterocycles. The molecule has 0 heterocycles. The summed E-state index contributed by atoms with van der Waals surface area (Å²) in [5, 5.41) is 10.5. The maximum Gasteiger partial charge on any atom is 0.418 e. The summed E-state index contributed by atoms with van der Waals surface area (Å²) in [5.41, 5.74) is 0.789. The van der Waals surface area contributed by atoms with Crippen LogP contribution in [-0.4, -0.2) is 11.3 Å². The van der Waals surface area contributed by atoms with Crippen molar-refractivity contribution >= 4 is 10.8 Å². The van der Waals surface area contributed by atoms with Crippen molar-refractivity contribution in [2.45, 2.75) is 19.2 Å². The average Bonchev–Trinajstić information content (AvgIpc) is 2.28. The summed E-state index contributed by atoms with van der Waals surface area (Å²) in [4.78, 5) is 0. The highest BCUT2D eigenvalue weighted by Gasteiger charge is 2.40. The molecule has 2 rings (SSSR count). The molecule has 4 heteroatoms. The number of hydrogen-bond donors (Lipinski definition) is 1. The van der Waals surface area contributed by atoms with Gasteiger partial charge in [-0.05, 0) is 28.8 Å². The molecule has 1 nitrogen and oxygen atoms in total. The maximum absolute atomic E-state index is 12.5. The van der Waals surface area contributed by atoms with Crippen molar-refractivity contribution < 1.29 is 18.3 Å². The fourth-order valence-electron chi connectivity index (χ4n) is 1.89. The van der Waals surface area contributed by atoms with E-state index in [9.17, 15) is 18.3 Å². The Balaban J connectivity index is 2.67. The topological polar surface area (TPSA) is 20.2 Å². The minimum Gasteiger partial charge on any atom is -0.379 e. The Morgan fingerprint density at radius 2 is 1.59 bits per heavy atom. The third-order valence-corrected chi connectivity index (χ3v) is 2.78. The molecule has 1 atom stereocenters. The van der Waals surface area contributed by atoms with Gasteiger partial charge in [0, 0.05) is 0 Å². The lowest BCUT2D eigenvalue weighted by Crippen LogP contribution is -2.20. The zero-order valence-corrected chi connectivity index (χ0v) is 9.12. The summed E-state index contributed by atoms with van der Waals surface area (Å²) in [6.45, 7) is 1.83. The maximum atomic E-state index is 12.5. The fourth-order valence-corrected chi connectivity index (χ4v) is 1.89. The number of aryl methyl sites for hydroxylation is 1. The second-order valence-electron chi connectivity index (χ2n) is 3.96. The lowest BCUT2D eigenvalue weighted by molar-refractivity contribution is -0.206. The lowest BCUT2D eigenvalue weighted by atomic mass is 9.97. The molecular weight excluding hydrogens is 229 g/mol. The normalized spacial score (nSPS) is 13.9. The number of aliphatic hydroxyl groups is 1. The van der Waals surface area contributed by atoms with Gasteiger partial charge in [0.15, 0.2) is 6.10 Å². The highest BCUT2D eigenvalue weighted by atomic mass is 19.4. The molecule has 0 fully saturated rings. The Hall–Kier alpha value is -1.55. The molecule has 1 N–H and O–H groups in total. The number of aliphatic hydroxyl groups excluding tert-OH is 1. The molecule has 90 valence electrons. The zero-order chi connectivity index (χ0) is 12.6. The van der Waals surface area contributed by atoms with Gasteiger partial charge >= 0.3 is 6.18 Å². The van der Waals surface area contributed by atoms with Crippen molar-refractivity contribution in [1.29, 1.82) is 0 Å². The minimum atomic E-state index is -4.64. The highest BCUT2D eigenvalue weighted by molar-refractivity contribution is 5.88. The molecule has 2 aromatic carbocycles. The average molecular weight is 240 g/mol. The molecule has 0 aliphatic carbocycles. The molecule has 0 aromatic heterocycles. The van der Waals surface area contributed by atoms with Crippen LogP contribution in [0.2, 0.25) is 0 Å². The molecule has 0 aliphatic heterocycles. The van der Waals surface area contributed by atoms with Crippen LogP contribution in [0.3, 0.4) is 0 Å². The van der Waals surface area contributed by atoms with Crippen molar-refractivity contribution in [2.75, 3.05) is 0 Å². The van der Waals surface area contributed by atoms with Gasteiger partial charge in [-0.1, -0.05) is 36.4 Å². The van der Waals surface area contributed by atoms with E-state index in [1.165, 1.54) is 6.07 Å². The van der Waals surface area contributed by atoms with Crippen LogP contribution in [0.5, 0.6) is 0 Å². The van der Waals surface area contributed by atoms with E-state index in [1.54, 1.807) is 30.3 Å². The number of rotatable bonds is 1. The van der Waals surface area contributed by atoms with Crippen molar-refractivity contribution in [3.8, 4) is 0 Å². The van der Waals surface area contributed by atoms with Crippen molar-refractivity contribution in [3.63, 3.8) is 0 Å². The summed E-state index contributed by atoms with van der Waals surface area (Å²) < 4.78 is 37.5. The Kier molecular flexibility index (Phi) is 2.83. The van der Waals surface area contributed by atoms with Crippen LogP contribution in [0.25, 0.3) is 10.8 Å². The van der Waals surface area contributed by atoms with Gasteiger partial charge in [0.2, 0.25) is 0 Å². The van der Waals surface area contributed by atoms with Crippen LogP contribution in [0.1, 0.15) is 17.2 Å². The first-order valence-electron chi connectivity index (χ1n) is 5.14. The van der Waals surface area contributed by atoms with E-state index in [0.717, 1.165) is 10.9 Å². The Bertz CT molecular complexity index is 546. The first-order valence-corrected chi connectivity index (χ1v) is 5.14. The molecule has 0 spiro atoms. The van der Waals surface area contributed by atoms with E-state index in [2.05, 4.69) is 0 Å². The van der Waals surface area contributed by atoms with Gasteiger partial charge in [-0.25, -0.2) is 0 Å². The van der Waals surface area contributed by atoms with E-state index in [-0.39, 0.29) is 5.56 Å². The van der Waals surface area contributed by atoms with E-state index in [1.807, 2.05) is 6.92 Å². The third kappa shape index (κ3) is 2.13. The Labute approximate surface area is 96.5 Å². The van der Waals surface area contributed by atoms with Gasteiger partial charge in [0.25, 0.3) is 0 Å². The molecule has 2 aromatic rings. The molecular formula is C13H11F3O. The van der Waals surface area contributed by atoms with Gasteiger partial charge in [-0.3, -0.25) is 0 Å². The number of alkyl halides is 3. The van der Waals surface area contributed by atoms with Crippen LogP contribution in [-0.2, 0) is 0 Å². The largest absolute Gasteiger partial charge is 0.418 e. The van der Waals surface area contributed by atoms with Gasteiger partial charge in [0.05, 0.1) is 0 Å². The van der Waals surface area contributed by atoms with E-state index in [0.29, 0.717) is 5.39 Å². The number of hydrogen-bond acceptors (Lipinski definition) is 1. The first-order chi connectivity index (χ1) is 7.91. The number of benzene rings is 2. The summed E-state index contributed by atoms with van der Waals surface area (Å²) in [5.74, 6) is 0.